The Hall–Kier alpha value is -0.870. The molecule has 3 nitrogen and oxygen atoms in total. The molecular weight excluding hydrogens is 282 g/mol. The third-order valence-electron chi connectivity index (χ3n) is 2.80. The van der Waals surface area contributed by atoms with E-state index in [1.165, 1.54) is 0 Å². The Kier molecular flexibility index (Phi) is 4.57. The second-order valence-electron chi connectivity index (χ2n) is 4.10. The predicted octanol–water partition coefficient (Wildman–Crippen LogP) is 3.26. The first-order valence-electron chi connectivity index (χ1n) is 5.87. The summed E-state index contributed by atoms with van der Waals surface area (Å²) in [6, 6.07) is 7.84. The van der Waals surface area contributed by atoms with Gasteiger partial charge in [-0.05, 0) is 18.9 Å². The predicted molar refractivity (Wildman–Crippen MR) is 71.4 cm³/mol. The zero-order chi connectivity index (χ0) is 12.1. The van der Waals surface area contributed by atoms with Crippen LogP contribution < -0.4 is 5.32 Å². The molecule has 0 bridgehead atoms. The van der Waals surface area contributed by atoms with Gasteiger partial charge in [0.15, 0.2) is 0 Å². The fourth-order valence-electron chi connectivity index (χ4n) is 1.94. The summed E-state index contributed by atoms with van der Waals surface area (Å²) < 4.78 is 5.80. The molecule has 1 aromatic rings. The molecule has 2 rings (SSSR count). The number of alkyl halides is 1. The lowest BCUT2D eigenvalue weighted by atomic mass is 10.00. The minimum Gasteiger partial charge on any atom is -0.373 e. The number of amides is 1. The third kappa shape index (κ3) is 3.30. The molecule has 0 saturated carbocycles. The van der Waals surface area contributed by atoms with E-state index in [0.29, 0.717) is 13.0 Å². The quantitative estimate of drug-likeness (QED) is 0.669. The number of halogens is 1. The smallest absolute Gasteiger partial charge is 0.227 e. The van der Waals surface area contributed by atoms with Crippen molar-refractivity contribution >= 4 is 27.5 Å². The van der Waals surface area contributed by atoms with Crippen molar-refractivity contribution in [3.8, 4) is 0 Å². The number of para-hydroxylation sites is 1. The van der Waals surface area contributed by atoms with Crippen molar-refractivity contribution in [3.05, 3.63) is 29.8 Å². The SMILES string of the molecule is O=C1CC(OCCCCBr)c2ccccc2N1. The summed E-state index contributed by atoms with van der Waals surface area (Å²) in [5, 5.41) is 3.86. The number of hydrogen-bond donors (Lipinski definition) is 1. The van der Waals surface area contributed by atoms with E-state index in [9.17, 15) is 4.79 Å². The third-order valence-corrected chi connectivity index (χ3v) is 3.36. The van der Waals surface area contributed by atoms with Crippen LogP contribution >= 0.6 is 15.9 Å². The summed E-state index contributed by atoms with van der Waals surface area (Å²) >= 11 is 3.39. The molecule has 0 aliphatic carbocycles. The number of ether oxygens (including phenoxy) is 1. The van der Waals surface area contributed by atoms with E-state index in [1.54, 1.807) is 0 Å². The Balaban J connectivity index is 2.00. The van der Waals surface area contributed by atoms with Gasteiger partial charge in [-0.3, -0.25) is 4.79 Å². The highest BCUT2D eigenvalue weighted by atomic mass is 79.9. The van der Waals surface area contributed by atoms with Crippen LogP contribution in [0.15, 0.2) is 24.3 Å². The van der Waals surface area contributed by atoms with Crippen molar-refractivity contribution in [2.45, 2.75) is 25.4 Å². The fourth-order valence-corrected chi connectivity index (χ4v) is 2.34. The first kappa shape index (κ1) is 12.6. The highest BCUT2D eigenvalue weighted by Crippen LogP contribution is 2.32. The number of carbonyl (C=O) groups is 1. The number of benzene rings is 1. The lowest BCUT2D eigenvalue weighted by molar-refractivity contribution is -0.119. The van der Waals surface area contributed by atoms with Crippen LogP contribution in [0.3, 0.4) is 0 Å². The lowest BCUT2D eigenvalue weighted by Gasteiger charge is -2.25. The van der Waals surface area contributed by atoms with Gasteiger partial charge in [0.2, 0.25) is 5.91 Å². The molecule has 92 valence electrons. The average Bonchev–Trinajstić information content (AvgIpc) is 2.34. The second-order valence-corrected chi connectivity index (χ2v) is 4.89. The highest BCUT2D eigenvalue weighted by molar-refractivity contribution is 9.09. The van der Waals surface area contributed by atoms with Crippen molar-refractivity contribution in [1.29, 1.82) is 0 Å². The first-order chi connectivity index (χ1) is 8.31. The van der Waals surface area contributed by atoms with Crippen molar-refractivity contribution in [2.75, 3.05) is 17.3 Å². The van der Waals surface area contributed by atoms with Crippen molar-refractivity contribution in [3.63, 3.8) is 0 Å². The molecule has 1 aliphatic rings. The standard InChI is InChI=1S/C13H16BrNO2/c14-7-3-4-8-17-12-9-13(16)15-11-6-2-1-5-10(11)12/h1-2,5-6,12H,3-4,7-9H2,(H,15,16). The molecule has 1 aliphatic heterocycles. The number of carbonyl (C=O) groups excluding carboxylic acids is 1. The van der Waals surface area contributed by atoms with E-state index in [-0.39, 0.29) is 12.0 Å². The van der Waals surface area contributed by atoms with Gasteiger partial charge in [-0.25, -0.2) is 0 Å². The fraction of sp³-hybridized carbons (Fsp3) is 0.462. The molecule has 1 atom stereocenters. The van der Waals surface area contributed by atoms with Gasteiger partial charge in [0.1, 0.15) is 0 Å². The monoisotopic (exact) mass is 297 g/mol. The van der Waals surface area contributed by atoms with E-state index in [2.05, 4.69) is 21.2 Å². The Labute approximate surface area is 110 Å². The normalized spacial score (nSPS) is 18.6. The summed E-state index contributed by atoms with van der Waals surface area (Å²) in [6.07, 6.45) is 2.45. The second kappa shape index (κ2) is 6.17. The van der Waals surface area contributed by atoms with Gasteiger partial charge in [-0.2, -0.15) is 0 Å². The molecule has 1 amide bonds. The van der Waals surface area contributed by atoms with E-state index < -0.39 is 0 Å². The molecule has 1 aromatic carbocycles. The van der Waals surface area contributed by atoms with Gasteiger partial charge >= 0.3 is 0 Å². The van der Waals surface area contributed by atoms with Crippen LogP contribution in [0.5, 0.6) is 0 Å². The largest absolute Gasteiger partial charge is 0.373 e. The Morgan fingerprint density at radius 2 is 2.18 bits per heavy atom. The summed E-state index contributed by atoms with van der Waals surface area (Å²) in [4.78, 5) is 11.5. The molecular formula is C13H16BrNO2. The van der Waals surface area contributed by atoms with Crippen LogP contribution in [0.25, 0.3) is 0 Å². The van der Waals surface area contributed by atoms with E-state index in [4.69, 9.17) is 4.74 Å². The minimum absolute atomic E-state index is 0.0363. The van der Waals surface area contributed by atoms with Gasteiger partial charge in [0.05, 0.1) is 12.5 Å². The summed E-state index contributed by atoms with van der Waals surface area (Å²) in [5.41, 5.74) is 1.97. The molecule has 0 spiro atoms. The number of fused-ring (bicyclic) bond motifs is 1. The van der Waals surface area contributed by atoms with Gasteiger partial charge in [0, 0.05) is 23.2 Å². The maximum atomic E-state index is 11.5. The van der Waals surface area contributed by atoms with Gasteiger partial charge < -0.3 is 10.1 Å². The molecule has 17 heavy (non-hydrogen) atoms. The number of hydrogen-bond acceptors (Lipinski definition) is 2. The van der Waals surface area contributed by atoms with Crippen LogP contribution in [0.2, 0.25) is 0 Å². The number of rotatable bonds is 5. The molecule has 0 radical (unpaired) electrons. The van der Waals surface area contributed by atoms with Crippen LogP contribution in [0.1, 0.15) is 30.9 Å². The summed E-state index contributed by atoms with van der Waals surface area (Å²) in [7, 11) is 0. The molecule has 0 saturated heterocycles. The highest BCUT2D eigenvalue weighted by Gasteiger charge is 2.24. The maximum Gasteiger partial charge on any atom is 0.227 e. The minimum atomic E-state index is -0.0877. The zero-order valence-electron chi connectivity index (χ0n) is 9.62. The Morgan fingerprint density at radius 3 is 3.00 bits per heavy atom. The number of nitrogens with one attached hydrogen (secondary N) is 1. The van der Waals surface area contributed by atoms with Gasteiger partial charge in [0.25, 0.3) is 0 Å². The van der Waals surface area contributed by atoms with Crippen LogP contribution in [-0.4, -0.2) is 17.8 Å². The average molecular weight is 298 g/mol. The number of anilines is 1. The van der Waals surface area contributed by atoms with Crippen molar-refractivity contribution < 1.29 is 9.53 Å². The van der Waals surface area contributed by atoms with E-state index >= 15 is 0 Å². The van der Waals surface area contributed by atoms with Gasteiger partial charge in [-0.1, -0.05) is 34.1 Å². The van der Waals surface area contributed by atoms with Crippen molar-refractivity contribution in [2.24, 2.45) is 0 Å². The lowest BCUT2D eigenvalue weighted by Crippen LogP contribution is -2.24. The van der Waals surface area contributed by atoms with E-state index in [0.717, 1.165) is 29.4 Å². The first-order valence-corrected chi connectivity index (χ1v) is 7.00. The molecule has 1 heterocycles. The van der Waals surface area contributed by atoms with Crippen LogP contribution in [0.4, 0.5) is 5.69 Å². The van der Waals surface area contributed by atoms with Crippen LogP contribution in [-0.2, 0) is 9.53 Å². The number of unbranched alkanes of at least 4 members (excludes halogenated alkanes) is 1. The maximum absolute atomic E-state index is 11.5. The summed E-state index contributed by atoms with van der Waals surface area (Å²) in [6.45, 7) is 0.706. The van der Waals surface area contributed by atoms with Gasteiger partial charge in [-0.15, -0.1) is 0 Å². The van der Waals surface area contributed by atoms with Crippen molar-refractivity contribution in [1.82, 2.24) is 0 Å². The molecule has 4 heteroatoms. The topological polar surface area (TPSA) is 38.3 Å². The van der Waals surface area contributed by atoms with E-state index in [1.807, 2.05) is 24.3 Å². The molecule has 1 N–H and O–H groups in total. The zero-order valence-corrected chi connectivity index (χ0v) is 11.2. The Bertz CT molecular complexity index is 395. The molecule has 1 unspecified atom stereocenters. The Morgan fingerprint density at radius 1 is 1.35 bits per heavy atom. The molecule has 0 aromatic heterocycles. The summed E-state index contributed by atoms with van der Waals surface area (Å²) in [5.74, 6) is 0.0363. The van der Waals surface area contributed by atoms with Crippen LogP contribution in [0, 0.1) is 0 Å². The molecule has 0 fully saturated rings.